The van der Waals surface area contributed by atoms with Crippen molar-refractivity contribution in [3.05, 3.63) is 42.5 Å². The zero-order valence-electron chi connectivity index (χ0n) is 10.9. The molecule has 0 bridgehead atoms. The number of nitrogens with one attached hydrogen (secondary N) is 1. The molecule has 1 aromatic carbocycles. The zero-order valence-corrected chi connectivity index (χ0v) is 10.9. The van der Waals surface area contributed by atoms with E-state index in [1.807, 2.05) is 13.8 Å². The van der Waals surface area contributed by atoms with Gasteiger partial charge in [0.1, 0.15) is 12.4 Å². The molecule has 0 spiro atoms. The molecule has 0 radical (unpaired) electrons. The molecule has 4 heteroatoms. The summed E-state index contributed by atoms with van der Waals surface area (Å²) in [5.41, 5.74) is 5.97. The van der Waals surface area contributed by atoms with Crippen LogP contribution in [-0.2, 0) is 0 Å². The Morgan fingerprint density at radius 2 is 2.06 bits per heavy atom. The molecular weight excluding hydrogens is 228 g/mol. The Morgan fingerprint density at radius 3 is 2.56 bits per heavy atom. The first-order chi connectivity index (χ1) is 8.42. The molecule has 1 amide bonds. The summed E-state index contributed by atoms with van der Waals surface area (Å²) in [6.07, 6.45) is 1.67. The highest BCUT2D eigenvalue weighted by molar-refractivity contribution is 5.94. The van der Waals surface area contributed by atoms with Gasteiger partial charge in [-0.25, -0.2) is 0 Å². The standard InChI is InChI=1S/C14H20N2O2/c1-4-9-18-12-7-5-11(6-8-12)13(17)16-10-14(2,3)15/h4-8H,1,9-10,15H2,2-3H3,(H,16,17). The van der Waals surface area contributed by atoms with Crippen LogP contribution in [0.5, 0.6) is 5.75 Å². The monoisotopic (exact) mass is 248 g/mol. The van der Waals surface area contributed by atoms with Gasteiger partial charge in [-0.2, -0.15) is 0 Å². The Morgan fingerprint density at radius 1 is 1.44 bits per heavy atom. The van der Waals surface area contributed by atoms with Crippen LogP contribution in [0.25, 0.3) is 0 Å². The number of hydrogen-bond donors (Lipinski definition) is 2. The maximum atomic E-state index is 11.8. The minimum Gasteiger partial charge on any atom is -0.490 e. The summed E-state index contributed by atoms with van der Waals surface area (Å²) in [6, 6.07) is 6.95. The van der Waals surface area contributed by atoms with Gasteiger partial charge in [-0.15, -0.1) is 0 Å². The molecule has 0 atom stereocenters. The van der Waals surface area contributed by atoms with Crippen molar-refractivity contribution in [2.24, 2.45) is 5.73 Å². The van der Waals surface area contributed by atoms with Gasteiger partial charge in [0.05, 0.1) is 0 Å². The number of nitrogens with two attached hydrogens (primary N) is 1. The molecule has 0 aliphatic heterocycles. The summed E-state index contributed by atoms with van der Waals surface area (Å²) in [4.78, 5) is 11.8. The third kappa shape index (κ3) is 5.01. The summed E-state index contributed by atoms with van der Waals surface area (Å²) >= 11 is 0. The number of hydrogen-bond acceptors (Lipinski definition) is 3. The van der Waals surface area contributed by atoms with Crippen molar-refractivity contribution in [3.63, 3.8) is 0 Å². The number of benzene rings is 1. The van der Waals surface area contributed by atoms with Crippen LogP contribution in [0.2, 0.25) is 0 Å². The molecule has 3 N–H and O–H groups in total. The third-order valence-corrected chi connectivity index (χ3v) is 2.19. The number of ether oxygens (including phenoxy) is 1. The Bertz CT molecular complexity index is 405. The van der Waals surface area contributed by atoms with Gasteiger partial charge in [0.25, 0.3) is 5.91 Å². The quantitative estimate of drug-likeness (QED) is 0.753. The number of carbonyl (C=O) groups excluding carboxylic acids is 1. The predicted octanol–water partition coefficient (Wildman–Crippen LogP) is 1.72. The smallest absolute Gasteiger partial charge is 0.251 e. The van der Waals surface area contributed by atoms with Crippen molar-refractivity contribution >= 4 is 5.91 Å². The molecule has 0 saturated heterocycles. The van der Waals surface area contributed by atoms with E-state index in [1.54, 1.807) is 30.3 Å². The van der Waals surface area contributed by atoms with Crippen molar-refractivity contribution in [2.45, 2.75) is 19.4 Å². The summed E-state index contributed by atoms with van der Waals surface area (Å²) in [7, 11) is 0. The van der Waals surface area contributed by atoms with Gasteiger partial charge in [0, 0.05) is 17.6 Å². The largest absolute Gasteiger partial charge is 0.490 e. The Kier molecular flexibility index (Phi) is 4.92. The molecular formula is C14H20N2O2. The van der Waals surface area contributed by atoms with Crippen LogP contribution in [0.3, 0.4) is 0 Å². The lowest BCUT2D eigenvalue weighted by molar-refractivity contribution is 0.0946. The number of carbonyl (C=O) groups is 1. The van der Waals surface area contributed by atoms with Crippen molar-refractivity contribution in [3.8, 4) is 5.75 Å². The van der Waals surface area contributed by atoms with Crippen LogP contribution >= 0.6 is 0 Å². The molecule has 0 saturated carbocycles. The lowest BCUT2D eigenvalue weighted by Gasteiger charge is -2.18. The molecule has 0 unspecified atom stereocenters. The second-order valence-corrected chi connectivity index (χ2v) is 4.80. The van der Waals surface area contributed by atoms with Crippen LogP contribution in [0.15, 0.2) is 36.9 Å². The molecule has 1 rings (SSSR count). The van der Waals surface area contributed by atoms with Crippen LogP contribution < -0.4 is 15.8 Å². The van der Waals surface area contributed by atoms with Gasteiger partial charge >= 0.3 is 0 Å². The average molecular weight is 248 g/mol. The van der Waals surface area contributed by atoms with E-state index in [1.165, 1.54) is 0 Å². The van der Waals surface area contributed by atoms with E-state index in [2.05, 4.69) is 11.9 Å². The lowest BCUT2D eigenvalue weighted by atomic mass is 10.1. The second kappa shape index (κ2) is 6.21. The summed E-state index contributed by atoms with van der Waals surface area (Å²) in [6.45, 7) is 8.17. The van der Waals surface area contributed by atoms with Gasteiger partial charge < -0.3 is 15.8 Å². The SMILES string of the molecule is C=CCOc1ccc(C(=O)NCC(C)(C)N)cc1. The molecule has 0 fully saturated rings. The van der Waals surface area contributed by atoms with Gasteiger partial charge in [0.2, 0.25) is 0 Å². The van der Waals surface area contributed by atoms with E-state index < -0.39 is 5.54 Å². The fourth-order valence-corrected chi connectivity index (χ4v) is 1.27. The highest BCUT2D eigenvalue weighted by atomic mass is 16.5. The summed E-state index contributed by atoms with van der Waals surface area (Å²) < 4.78 is 5.33. The fraction of sp³-hybridized carbons (Fsp3) is 0.357. The first-order valence-corrected chi connectivity index (χ1v) is 5.83. The maximum Gasteiger partial charge on any atom is 0.251 e. The molecule has 0 heterocycles. The minimum atomic E-state index is -0.414. The van der Waals surface area contributed by atoms with Gasteiger partial charge in [-0.1, -0.05) is 12.7 Å². The second-order valence-electron chi connectivity index (χ2n) is 4.80. The van der Waals surface area contributed by atoms with E-state index in [4.69, 9.17) is 10.5 Å². The van der Waals surface area contributed by atoms with E-state index in [0.29, 0.717) is 24.5 Å². The number of rotatable bonds is 6. The molecule has 0 aliphatic carbocycles. The maximum absolute atomic E-state index is 11.8. The van der Waals surface area contributed by atoms with Crippen molar-refractivity contribution in [1.29, 1.82) is 0 Å². The van der Waals surface area contributed by atoms with E-state index in [0.717, 1.165) is 0 Å². The Labute approximate surface area is 108 Å². The normalized spacial score (nSPS) is 10.8. The van der Waals surface area contributed by atoms with Gasteiger partial charge in [-0.05, 0) is 38.1 Å². The molecule has 0 aliphatic rings. The topological polar surface area (TPSA) is 64.3 Å². The van der Waals surface area contributed by atoms with E-state index in [9.17, 15) is 4.79 Å². The first kappa shape index (κ1) is 14.3. The molecule has 0 aromatic heterocycles. The highest BCUT2D eigenvalue weighted by Crippen LogP contribution is 2.12. The van der Waals surface area contributed by atoms with Crippen molar-refractivity contribution in [2.75, 3.05) is 13.2 Å². The third-order valence-electron chi connectivity index (χ3n) is 2.19. The predicted molar refractivity (Wildman–Crippen MR) is 72.7 cm³/mol. The molecule has 98 valence electrons. The molecule has 18 heavy (non-hydrogen) atoms. The van der Waals surface area contributed by atoms with Gasteiger partial charge in [-0.3, -0.25) is 4.79 Å². The van der Waals surface area contributed by atoms with E-state index in [-0.39, 0.29) is 5.91 Å². The summed E-state index contributed by atoms with van der Waals surface area (Å²) in [5, 5.41) is 2.78. The summed E-state index contributed by atoms with van der Waals surface area (Å²) in [5.74, 6) is 0.578. The Hall–Kier alpha value is -1.81. The van der Waals surface area contributed by atoms with E-state index >= 15 is 0 Å². The van der Waals surface area contributed by atoms with Crippen LogP contribution in [0.1, 0.15) is 24.2 Å². The lowest BCUT2D eigenvalue weighted by Crippen LogP contribution is -2.45. The van der Waals surface area contributed by atoms with Crippen molar-refractivity contribution < 1.29 is 9.53 Å². The highest BCUT2D eigenvalue weighted by Gasteiger charge is 2.13. The Balaban J connectivity index is 2.56. The average Bonchev–Trinajstić information content (AvgIpc) is 2.33. The van der Waals surface area contributed by atoms with Gasteiger partial charge in [0.15, 0.2) is 0 Å². The number of amides is 1. The molecule has 4 nitrogen and oxygen atoms in total. The first-order valence-electron chi connectivity index (χ1n) is 5.83. The van der Waals surface area contributed by atoms with Crippen LogP contribution in [-0.4, -0.2) is 24.6 Å². The molecule has 1 aromatic rings. The van der Waals surface area contributed by atoms with Crippen LogP contribution in [0, 0.1) is 0 Å². The fourth-order valence-electron chi connectivity index (χ4n) is 1.27. The van der Waals surface area contributed by atoms with Crippen molar-refractivity contribution in [1.82, 2.24) is 5.32 Å². The van der Waals surface area contributed by atoms with Crippen LogP contribution in [0.4, 0.5) is 0 Å². The zero-order chi connectivity index (χ0) is 13.6. The minimum absolute atomic E-state index is 0.135.